The van der Waals surface area contributed by atoms with Crippen LogP contribution in [0.2, 0.25) is 0 Å². The van der Waals surface area contributed by atoms with Gasteiger partial charge in [-0.25, -0.2) is 0 Å². The van der Waals surface area contributed by atoms with E-state index in [0.29, 0.717) is 5.39 Å². The van der Waals surface area contributed by atoms with Gasteiger partial charge in [0.15, 0.2) is 0 Å². The van der Waals surface area contributed by atoms with Gasteiger partial charge < -0.3 is 9.55 Å². The standard InChI is InChI=1S/C16H14N2O/c1-11(12-6-4-3-5-7-12)15-10-13-14(18(15)2)8-9-17-16(13)19/h3-10H,1H2,2H3,(H,17,19). The van der Waals surface area contributed by atoms with Crippen LogP contribution >= 0.6 is 0 Å². The number of nitrogens with zero attached hydrogens (tertiary/aromatic N) is 1. The topological polar surface area (TPSA) is 37.8 Å². The van der Waals surface area contributed by atoms with Crippen molar-refractivity contribution in [1.82, 2.24) is 9.55 Å². The number of aryl methyl sites for hydroxylation is 1. The molecule has 2 heterocycles. The molecule has 0 saturated carbocycles. The SMILES string of the molecule is C=C(c1ccccc1)c1cc2c(=O)[nH]ccc2n1C. The number of aromatic nitrogens is 2. The normalized spacial score (nSPS) is 10.8. The number of aromatic amines is 1. The highest BCUT2D eigenvalue weighted by atomic mass is 16.1. The predicted octanol–water partition coefficient (Wildman–Crippen LogP) is 2.93. The second kappa shape index (κ2) is 4.28. The fourth-order valence-corrected chi connectivity index (χ4v) is 2.35. The Balaban J connectivity index is 2.22. The molecule has 0 spiro atoms. The van der Waals surface area contributed by atoms with E-state index in [1.165, 1.54) is 0 Å². The van der Waals surface area contributed by atoms with Crippen molar-refractivity contribution in [3.63, 3.8) is 0 Å². The number of benzene rings is 1. The molecule has 3 aromatic rings. The largest absolute Gasteiger partial charge is 0.343 e. The monoisotopic (exact) mass is 250 g/mol. The number of pyridine rings is 1. The molecule has 1 N–H and O–H groups in total. The van der Waals surface area contributed by atoms with Crippen molar-refractivity contribution in [2.75, 3.05) is 0 Å². The van der Waals surface area contributed by atoms with Crippen molar-refractivity contribution >= 4 is 16.5 Å². The average Bonchev–Trinajstić information content (AvgIpc) is 2.78. The molecule has 0 radical (unpaired) electrons. The van der Waals surface area contributed by atoms with Gasteiger partial charge in [-0.3, -0.25) is 4.79 Å². The Labute approximate surface area is 110 Å². The molecule has 0 atom stereocenters. The number of nitrogens with one attached hydrogen (secondary N) is 1. The van der Waals surface area contributed by atoms with Gasteiger partial charge in [-0.2, -0.15) is 0 Å². The Bertz CT molecular complexity index is 810. The molecule has 0 aliphatic carbocycles. The van der Waals surface area contributed by atoms with Crippen LogP contribution in [0, 0.1) is 0 Å². The summed E-state index contributed by atoms with van der Waals surface area (Å²) >= 11 is 0. The second-order valence-electron chi connectivity index (χ2n) is 4.54. The van der Waals surface area contributed by atoms with Crippen LogP contribution in [0.25, 0.3) is 16.5 Å². The lowest BCUT2D eigenvalue weighted by atomic mass is 10.0. The molecule has 94 valence electrons. The van der Waals surface area contributed by atoms with Crippen LogP contribution in [0.4, 0.5) is 0 Å². The van der Waals surface area contributed by atoms with Crippen molar-refractivity contribution in [3.8, 4) is 0 Å². The van der Waals surface area contributed by atoms with E-state index >= 15 is 0 Å². The molecule has 2 aromatic heterocycles. The molecular formula is C16H14N2O. The number of H-pyrrole nitrogens is 1. The third-order valence-corrected chi connectivity index (χ3v) is 3.41. The first-order valence-electron chi connectivity index (χ1n) is 6.10. The highest BCUT2D eigenvalue weighted by Crippen LogP contribution is 2.25. The number of rotatable bonds is 2. The van der Waals surface area contributed by atoms with Crippen molar-refractivity contribution in [3.05, 3.63) is 76.9 Å². The van der Waals surface area contributed by atoms with Gasteiger partial charge in [-0.05, 0) is 23.3 Å². The van der Waals surface area contributed by atoms with Crippen molar-refractivity contribution in [2.45, 2.75) is 0 Å². The van der Waals surface area contributed by atoms with E-state index in [-0.39, 0.29) is 5.56 Å². The summed E-state index contributed by atoms with van der Waals surface area (Å²) in [5.41, 5.74) is 3.78. The molecule has 0 bridgehead atoms. The van der Waals surface area contributed by atoms with Crippen LogP contribution in [-0.2, 0) is 7.05 Å². The maximum Gasteiger partial charge on any atom is 0.257 e. The summed E-state index contributed by atoms with van der Waals surface area (Å²) in [4.78, 5) is 14.5. The third-order valence-electron chi connectivity index (χ3n) is 3.41. The van der Waals surface area contributed by atoms with E-state index in [4.69, 9.17) is 0 Å². The molecule has 3 heteroatoms. The molecule has 0 saturated heterocycles. The summed E-state index contributed by atoms with van der Waals surface area (Å²) in [6, 6.07) is 13.8. The van der Waals surface area contributed by atoms with E-state index in [1.54, 1.807) is 6.20 Å². The van der Waals surface area contributed by atoms with E-state index in [9.17, 15) is 4.79 Å². The fourth-order valence-electron chi connectivity index (χ4n) is 2.35. The first kappa shape index (κ1) is 11.5. The molecule has 0 aliphatic rings. The van der Waals surface area contributed by atoms with Gasteiger partial charge in [0.25, 0.3) is 5.56 Å². The third kappa shape index (κ3) is 1.80. The zero-order chi connectivity index (χ0) is 13.4. The van der Waals surface area contributed by atoms with Crippen molar-refractivity contribution in [1.29, 1.82) is 0 Å². The number of hydrogen-bond acceptors (Lipinski definition) is 1. The Morgan fingerprint density at radius 1 is 1.21 bits per heavy atom. The summed E-state index contributed by atoms with van der Waals surface area (Å²) < 4.78 is 2.00. The number of hydrogen-bond donors (Lipinski definition) is 1. The second-order valence-corrected chi connectivity index (χ2v) is 4.54. The maximum absolute atomic E-state index is 11.8. The van der Waals surface area contributed by atoms with Gasteiger partial charge in [-0.15, -0.1) is 0 Å². The first-order valence-corrected chi connectivity index (χ1v) is 6.10. The van der Waals surface area contributed by atoms with Gasteiger partial charge in [-0.1, -0.05) is 36.9 Å². The van der Waals surface area contributed by atoms with E-state index in [0.717, 1.165) is 22.3 Å². The Morgan fingerprint density at radius 3 is 2.63 bits per heavy atom. The molecule has 3 rings (SSSR count). The zero-order valence-corrected chi connectivity index (χ0v) is 10.7. The first-order chi connectivity index (χ1) is 9.18. The minimum Gasteiger partial charge on any atom is -0.343 e. The highest BCUT2D eigenvalue weighted by molar-refractivity contribution is 5.88. The Hall–Kier alpha value is -2.55. The average molecular weight is 250 g/mol. The summed E-state index contributed by atoms with van der Waals surface area (Å²) in [6.07, 6.45) is 1.67. The molecule has 0 aliphatic heterocycles. The van der Waals surface area contributed by atoms with Gasteiger partial charge >= 0.3 is 0 Å². The quantitative estimate of drug-likeness (QED) is 0.746. The van der Waals surface area contributed by atoms with E-state index in [2.05, 4.69) is 11.6 Å². The fraction of sp³-hybridized carbons (Fsp3) is 0.0625. The van der Waals surface area contributed by atoms with Crippen molar-refractivity contribution < 1.29 is 0 Å². The Morgan fingerprint density at radius 2 is 1.95 bits per heavy atom. The summed E-state index contributed by atoms with van der Waals surface area (Å²) in [5.74, 6) is 0. The molecule has 3 nitrogen and oxygen atoms in total. The Kier molecular flexibility index (Phi) is 2.60. The van der Waals surface area contributed by atoms with Gasteiger partial charge in [0.2, 0.25) is 0 Å². The molecule has 1 aromatic carbocycles. The van der Waals surface area contributed by atoms with Gasteiger partial charge in [0, 0.05) is 18.9 Å². The van der Waals surface area contributed by atoms with Crippen LogP contribution in [0.1, 0.15) is 11.3 Å². The van der Waals surface area contributed by atoms with Crippen LogP contribution in [-0.4, -0.2) is 9.55 Å². The smallest absolute Gasteiger partial charge is 0.257 e. The lowest BCUT2D eigenvalue weighted by Crippen LogP contribution is -2.03. The number of fused-ring (bicyclic) bond motifs is 1. The molecule has 0 unspecified atom stereocenters. The molecule has 19 heavy (non-hydrogen) atoms. The van der Waals surface area contributed by atoms with Gasteiger partial charge in [0.1, 0.15) is 0 Å². The lowest BCUT2D eigenvalue weighted by molar-refractivity contribution is 0.947. The van der Waals surface area contributed by atoms with Crippen molar-refractivity contribution in [2.24, 2.45) is 7.05 Å². The highest BCUT2D eigenvalue weighted by Gasteiger charge is 2.11. The van der Waals surface area contributed by atoms with Crippen LogP contribution in [0.15, 0.2) is 60.0 Å². The lowest BCUT2D eigenvalue weighted by Gasteiger charge is -2.07. The van der Waals surface area contributed by atoms with Crippen LogP contribution in [0.3, 0.4) is 0 Å². The van der Waals surface area contributed by atoms with E-state index < -0.39 is 0 Å². The van der Waals surface area contributed by atoms with E-state index in [1.807, 2.05) is 54.1 Å². The summed E-state index contributed by atoms with van der Waals surface area (Å²) in [6.45, 7) is 4.15. The predicted molar refractivity (Wildman–Crippen MR) is 78.1 cm³/mol. The molecular weight excluding hydrogens is 236 g/mol. The summed E-state index contributed by atoms with van der Waals surface area (Å²) in [5, 5.41) is 0.692. The van der Waals surface area contributed by atoms with Gasteiger partial charge in [0.05, 0.1) is 10.9 Å². The molecule has 0 fully saturated rings. The minimum atomic E-state index is -0.0692. The summed E-state index contributed by atoms with van der Waals surface area (Å²) in [7, 11) is 1.95. The van der Waals surface area contributed by atoms with Crippen LogP contribution in [0.5, 0.6) is 0 Å². The maximum atomic E-state index is 11.8. The van der Waals surface area contributed by atoms with Crippen LogP contribution < -0.4 is 5.56 Å². The zero-order valence-electron chi connectivity index (χ0n) is 10.7. The molecule has 0 amide bonds. The minimum absolute atomic E-state index is 0.0692.